The number of aliphatic hydroxyl groups is 7. The van der Waals surface area contributed by atoms with E-state index in [0.29, 0.717) is 65.0 Å². The van der Waals surface area contributed by atoms with E-state index in [9.17, 15) is 35.7 Å². The predicted molar refractivity (Wildman–Crippen MR) is 222 cm³/mol. The summed E-state index contributed by atoms with van der Waals surface area (Å²) in [5, 5.41) is 79.3. The quantitative estimate of drug-likeness (QED) is 0.0791. The molecule has 4 aromatic rings. The molecule has 6 rings (SSSR count). The summed E-state index contributed by atoms with van der Waals surface area (Å²) in [4.78, 5) is 0. The van der Waals surface area contributed by atoms with Crippen molar-refractivity contribution in [1.82, 2.24) is 0 Å². The van der Waals surface area contributed by atoms with E-state index in [0.717, 1.165) is 16.9 Å². The van der Waals surface area contributed by atoms with E-state index >= 15 is 0 Å². The second-order valence-electron chi connectivity index (χ2n) is 15.0. The van der Waals surface area contributed by atoms with Crippen LogP contribution in [-0.4, -0.2) is 118 Å². The fourth-order valence-electron chi connectivity index (χ4n) is 7.65. The Labute approximate surface area is 359 Å². The standard InChI is InChI=1S/C45H54Cl2O13/c1-4-19-57-44(30-11-17-34(46)28(22-30)20-26-7-13-32(14-8-26)55-5-2)42(53)41(52)39(50)37(60-44)25-58-45(43(54)40(51)38(49)36(24-48)59-45)31-12-18-35(47)29(23-31)21-27-9-15-33(16-10-27)56-6-3/h7-18,22-23,36-43,48-54H,4-6,19-21,24-25H2,1-3H3/t36-,37-,38-,39-,40+,41+,42-,43-,44+,45+/m1/s1. The van der Waals surface area contributed by atoms with Crippen LogP contribution in [0.15, 0.2) is 84.9 Å². The average Bonchev–Trinajstić information content (AvgIpc) is 3.25. The van der Waals surface area contributed by atoms with Crippen molar-refractivity contribution < 1.29 is 64.2 Å². The Morgan fingerprint density at radius 3 is 1.43 bits per heavy atom. The monoisotopic (exact) mass is 872 g/mol. The number of hydrogen-bond acceptors (Lipinski definition) is 13. The van der Waals surface area contributed by atoms with Crippen LogP contribution in [0.4, 0.5) is 0 Å². The third-order valence-corrected chi connectivity index (χ3v) is 11.6. The van der Waals surface area contributed by atoms with Crippen LogP contribution in [0.1, 0.15) is 60.6 Å². The summed E-state index contributed by atoms with van der Waals surface area (Å²) >= 11 is 13.4. The highest BCUT2D eigenvalue weighted by Crippen LogP contribution is 2.45. The molecule has 2 saturated heterocycles. The van der Waals surface area contributed by atoms with Gasteiger partial charge in [-0.25, -0.2) is 0 Å². The fraction of sp³-hybridized carbons (Fsp3) is 0.467. The van der Waals surface area contributed by atoms with Crippen molar-refractivity contribution in [2.45, 2.75) is 100 Å². The zero-order valence-electron chi connectivity index (χ0n) is 33.7. The van der Waals surface area contributed by atoms with Crippen LogP contribution in [0.5, 0.6) is 11.5 Å². The number of benzene rings is 4. The van der Waals surface area contributed by atoms with Crippen LogP contribution in [0.25, 0.3) is 0 Å². The summed E-state index contributed by atoms with van der Waals surface area (Å²) in [5.41, 5.74) is 3.49. The van der Waals surface area contributed by atoms with Gasteiger partial charge in [0.15, 0.2) is 0 Å². The molecule has 0 bridgehead atoms. The van der Waals surface area contributed by atoms with Crippen molar-refractivity contribution in [3.63, 3.8) is 0 Å². The van der Waals surface area contributed by atoms with Crippen LogP contribution in [0, 0.1) is 0 Å². The van der Waals surface area contributed by atoms with E-state index in [-0.39, 0.29) is 12.2 Å². The van der Waals surface area contributed by atoms with Crippen molar-refractivity contribution in [1.29, 1.82) is 0 Å². The van der Waals surface area contributed by atoms with Gasteiger partial charge in [-0.05, 0) is 104 Å². The summed E-state index contributed by atoms with van der Waals surface area (Å²) in [6.07, 6.45) is -12.7. The van der Waals surface area contributed by atoms with Crippen LogP contribution in [0.2, 0.25) is 10.0 Å². The Balaban J connectivity index is 1.35. The van der Waals surface area contributed by atoms with Gasteiger partial charge in [-0.1, -0.05) is 66.5 Å². The molecule has 2 aliphatic heterocycles. The molecular formula is C45H54Cl2O13. The lowest BCUT2D eigenvalue weighted by molar-refractivity contribution is -0.403. The minimum absolute atomic E-state index is 0.0697. The smallest absolute Gasteiger partial charge is 0.225 e. The Morgan fingerprint density at radius 1 is 0.567 bits per heavy atom. The zero-order valence-corrected chi connectivity index (χ0v) is 35.2. The first-order valence-corrected chi connectivity index (χ1v) is 20.9. The Morgan fingerprint density at radius 2 is 1.00 bits per heavy atom. The van der Waals surface area contributed by atoms with E-state index in [4.69, 9.17) is 51.6 Å². The van der Waals surface area contributed by atoms with Gasteiger partial charge in [0.2, 0.25) is 11.6 Å². The van der Waals surface area contributed by atoms with Gasteiger partial charge in [0.25, 0.3) is 0 Å². The van der Waals surface area contributed by atoms with Gasteiger partial charge < -0.3 is 64.2 Å². The molecule has 0 radical (unpaired) electrons. The number of rotatable bonds is 17. The lowest BCUT2D eigenvalue weighted by Gasteiger charge is -2.51. The SMILES string of the molecule is CCCO[C@@]1(c2ccc(Cl)c(Cc3ccc(OCC)cc3)c2)O[C@H](CO[C@@]2(c3ccc(Cl)c(Cc4ccc(OCC)cc4)c3)O[C@H](CO)[C@@H](O)[C@H](O)[C@H]2O)[C@@H](O)[C@H](O)[C@H]1O. The summed E-state index contributed by atoms with van der Waals surface area (Å²) in [6, 6.07) is 24.6. The maximum absolute atomic E-state index is 11.7. The molecule has 0 saturated carbocycles. The van der Waals surface area contributed by atoms with Gasteiger partial charge in [0.05, 0.1) is 33.0 Å². The molecule has 0 spiro atoms. The van der Waals surface area contributed by atoms with Gasteiger partial charge in [-0.2, -0.15) is 0 Å². The van der Waals surface area contributed by atoms with Gasteiger partial charge >= 0.3 is 0 Å². The fourth-order valence-corrected chi connectivity index (χ4v) is 8.02. The molecule has 60 heavy (non-hydrogen) atoms. The lowest BCUT2D eigenvalue weighted by Crippen LogP contribution is -2.67. The van der Waals surface area contributed by atoms with Gasteiger partial charge in [0, 0.05) is 21.2 Å². The molecule has 2 heterocycles. The van der Waals surface area contributed by atoms with Gasteiger partial charge in [-0.15, -0.1) is 0 Å². The first-order valence-electron chi connectivity index (χ1n) is 20.1. The number of aliphatic hydroxyl groups excluding tert-OH is 7. The average molecular weight is 874 g/mol. The van der Waals surface area contributed by atoms with E-state index in [1.54, 1.807) is 30.3 Å². The summed E-state index contributed by atoms with van der Waals surface area (Å²) in [7, 11) is 0. The maximum Gasteiger partial charge on any atom is 0.225 e. The lowest BCUT2D eigenvalue weighted by atomic mass is 9.86. The first kappa shape index (κ1) is 46.1. The van der Waals surface area contributed by atoms with Crippen LogP contribution in [-0.2, 0) is 43.4 Å². The van der Waals surface area contributed by atoms with Crippen LogP contribution < -0.4 is 9.47 Å². The molecule has 0 aliphatic carbocycles. The molecule has 15 heteroatoms. The minimum atomic E-state index is -2.30. The van der Waals surface area contributed by atoms with E-state index in [2.05, 4.69) is 0 Å². The molecule has 326 valence electrons. The number of ether oxygens (including phenoxy) is 6. The molecule has 0 aromatic heterocycles. The molecule has 0 amide bonds. The summed E-state index contributed by atoms with van der Waals surface area (Å²) in [5.74, 6) is -2.94. The maximum atomic E-state index is 11.7. The highest BCUT2D eigenvalue weighted by molar-refractivity contribution is 6.31. The molecule has 2 aliphatic rings. The largest absolute Gasteiger partial charge is 0.494 e. The highest BCUT2D eigenvalue weighted by atomic mass is 35.5. The van der Waals surface area contributed by atoms with Crippen LogP contribution >= 0.6 is 23.2 Å². The predicted octanol–water partition coefficient (Wildman–Crippen LogP) is 4.38. The second-order valence-corrected chi connectivity index (χ2v) is 15.8. The molecular weight excluding hydrogens is 819 g/mol. The molecule has 7 N–H and O–H groups in total. The third-order valence-electron chi connectivity index (χ3n) is 10.9. The van der Waals surface area contributed by atoms with Crippen LogP contribution in [0.3, 0.4) is 0 Å². The molecule has 13 nitrogen and oxygen atoms in total. The second kappa shape index (κ2) is 20.2. The Hall–Kier alpha value is -3.38. The normalized spacial score (nSPS) is 29.3. The van der Waals surface area contributed by atoms with Gasteiger partial charge in [0.1, 0.15) is 60.3 Å². The minimum Gasteiger partial charge on any atom is -0.494 e. The van der Waals surface area contributed by atoms with E-state index in [1.807, 2.05) is 69.3 Å². The first-order chi connectivity index (χ1) is 28.8. The van der Waals surface area contributed by atoms with E-state index in [1.165, 1.54) is 6.07 Å². The topological polar surface area (TPSA) is 197 Å². The van der Waals surface area contributed by atoms with Gasteiger partial charge in [-0.3, -0.25) is 0 Å². The third kappa shape index (κ3) is 9.64. The Kier molecular flexibility index (Phi) is 15.5. The van der Waals surface area contributed by atoms with Crippen molar-refractivity contribution >= 4 is 23.2 Å². The van der Waals surface area contributed by atoms with Crippen molar-refractivity contribution in [3.8, 4) is 11.5 Å². The molecule has 4 aromatic carbocycles. The number of halogens is 2. The molecule has 0 unspecified atom stereocenters. The van der Waals surface area contributed by atoms with Crippen molar-refractivity contribution in [3.05, 3.63) is 128 Å². The Bertz CT molecular complexity index is 2000. The number of hydrogen-bond donors (Lipinski definition) is 7. The molecule has 10 atom stereocenters. The van der Waals surface area contributed by atoms with E-state index < -0.39 is 73.6 Å². The van der Waals surface area contributed by atoms with Crippen molar-refractivity contribution in [2.24, 2.45) is 0 Å². The highest BCUT2D eigenvalue weighted by Gasteiger charge is 2.59. The molecule has 2 fully saturated rings. The van der Waals surface area contributed by atoms with Crippen molar-refractivity contribution in [2.75, 3.05) is 33.0 Å². The summed E-state index contributed by atoms with van der Waals surface area (Å²) in [6.45, 7) is 5.35. The zero-order chi connectivity index (χ0) is 43.2. The summed E-state index contributed by atoms with van der Waals surface area (Å²) < 4.78 is 36.5.